The Kier molecular flexibility index (Phi) is 8.71. The van der Waals surface area contributed by atoms with Crippen LogP contribution in [0.25, 0.3) is 11.5 Å². The highest BCUT2D eigenvalue weighted by Crippen LogP contribution is 2.19. The minimum atomic E-state index is 0.489. The number of aryl methyl sites for hydroxylation is 1. The second-order valence-corrected chi connectivity index (χ2v) is 7.98. The smallest absolute Gasteiger partial charge is 0.226 e. The normalized spacial score (nSPS) is 16.4. The summed E-state index contributed by atoms with van der Waals surface area (Å²) in [6.45, 7) is 12.3. The molecule has 1 aromatic heterocycles. The molecule has 0 radical (unpaired) electrons. The predicted octanol–water partition coefficient (Wildman–Crippen LogP) is 2.73. The highest BCUT2D eigenvalue weighted by atomic mass is 16.3. The molecule has 1 aliphatic rings. The van der Waals surface area contributed by atoms with E-state index in [2.05, 4.69) is 63.4 Å². The Morgan fingerprint density at radius 1 is 1.13 bits per heavy atom. The number of nitrogens with zero attached hydrogens (tertiary/aromatic N) is 4. The summed E-state index contributed by atoms with van der Waals surface area (Å²) in [5, 5.41) is 6.76. The molecule has 0 aliphatic carbocycles. The van der Waals surface area contributed by atoms with Gasteiger partial charge in [0.05, 0.1) is 6.54 Å². The van der Waals surface area contributed by atoms with Crippen LogP contribution in [0.1, 0.15) is 31.0 Å². The van der Waals surface area contributed by atoms with Crippen molar-refractivity contribution in [1.82, 2.24) is 25.4 Å². The summed E-state index contributed by atoms with van der Waals surface area (Å²) in [5.74, 6) is 1.47. The minimum Gasteiger partial charge on any atom is -0.444 e. The first-order valence-electron chi connectivity index (χ1n) is 11.1. The molecule has 7 heteroatoms. The van der Waals surface area contributed by atoms with Gasteiger partial charge in [0.15, 0.2) is 5.96 Å². The highest BCUT2D eigenvalue weighted by molar-refractivity contribution is 5.79. The fourth-order valence-electron chi connectivity index (χ4n) is 3.54. The number of aliphatic imine (C=N–C) groups is 1. The molecule has 2 N–H and O–H groups in total. The maximum absolute atomic E-state index is 5.64. The molecule has 1 fully saturated rings. The van der Waals surface area contributed by atoms with E-state index in [4.69, 9.17) is 4.42 Å². The van der Waals surface area contributed by atoms with E-state index >= 15 is 0 Å². The molecule has 0 atom stereocenters. The second kappa shape index (κ2) is 11.7. The fourth-order valence-corrected chi connectivity index (χ4v) is 3.54. The maximum atomic E-state index is 5.64. The second-order valence-electron chi connectivity index (χ2n) is 7.98. The topological polar surface area (TPSA) is 68.9 Å². The van der Waals surface area contributed by atoms with Gasteiger partial charge in [-0.1, -0.05) is 17.7 Å². The van der Waals surface area contributed by atoms with Crippen LogP contribution in [0.15, 0.2) is 39.9 Å². The molecule has 0 amide bonds. The van der Waals surface area contributed by atoms with E-state index in [1.165, 1.54) is 38.2 Å². The van der Waals surface area contributed by atoms with E-state index in [1.807, 2.05) is 12.1 Å². The zero-order valence-corrected chi connectivity index (χ0v) is 18.7. The zero-order valence-electron chi connectivity index (χ0n) is 18.7. The largest absolute Gasteiger partial charge is 0.444 e. The van der Waals surface area contributed by atoms with Crippen LogP contribution < -0.4 is 10.6 Å². The number of rotatable bonds is 8. The predicted molar refractivity (Wildman–Crippen MR) is 123 cm³/mol. The SMILES string of the molecule is CCNC(=NCc1coc(-c2ccc(C)cc2)n1)NCCCN1CCCN(C)CC1. The average molecular weight is 413 g/mol. The Balaban J connectivity index is 1.45. The lowest BCUT2D eigenvalue weighted by Crippen LogP contribution is -2.39. The number of oxazole rings is 1. The first kappa shape index (κ1) is 22.3. The quantitative estimate of drug-likeness (QED) is 0.395. The summed E-state index contributed by atoms with van der Waals surface area (Å²) in [5.41, 5.74) is 3.04. The Bertz CT molecular complexity index is 785. The lowest BCUT2D eigenvalue weighted by molar-refractivity contribution is 0.274. The number of guanidine groups is 1. The van der Waals surface area contributed by atoms with Gasteiger partial charge in [-0.2, -0.15) is 0 Å². The van der Waals surface area contributed by atoms with Crippen molar-refractivity contribution in [3.8, 4) is 11.5 Å². The molecule has 164 valence electrons. The molecule has 0 spiro atoms. The molecule has 0 bridgehead atoms. The van der Waals surface area contributed by atoms with E-state index in [9.17, 15) is 0 Å². The van der Waals surface area contributed by atoms with Gasteiger partial charge in [0, 0.05) is 31.7 Å². The van der Waals surface area contributed by atoms with Crippen LogP contribution in [0.2, 0.25) is 0 Å². The molecule has 30 heavy (non-hydrogen) atoms. The maximum Gasteiger partial charge on any atom is 0.226 e. The number of nitrogens with one attached hydrogen (secondary N) is 2. The average Bonchev–Trinajstić information content (AvgIpc) is 3.12. The van der Waals surface area contributed by atoms with Crippen molar-refractivity contribution in [2.24, 2.45) is 4.99 Å². The third kappa shape index (κ3) is 7.15. The molecule has 0 saturated carbocycles. The molecule has 0 unspecified atom stereocenters. The van der Waals surface area contributed by atoms with Crippen molar-refractivity contribution in [1.29, 1.82) is 0 Å². The van der Waals surface area contributed by atoms with Gasteiger partial charge in [-0.05, 0) is 65.5 Å². The van der Waals surface area contributed by atoms with Crippen molar-refractivity contribution >= 4 is 5.96 Å². The third-order valence-electron chi connectivity index (χ3n) is 5.35. The van der Waals surface area contributed by atoms with Gasteiger partial charge in [-0.25, -0.2) is 9.98 Å². The summed E-state index contributed by atoms with van der Waals surface area (Å²) in [4.78, 5) is 14.2. The Morgan fingerprint density at radius 3 is 2.77 bits per heavy atom. The standard InChI is InChI=1S/C23H36N6O/c1-4-24-23(25-11-5-13-29-14-6-12-28(3)15-16-29)26-17-21-18-30-22(27-21)20-9-7-19(2)8-10-20/h7-10,18H,4-6,11-17H2,1-3H3,(H2,24,25,26). The highest BCUT2D eigenvalue weighted by Gasteiger charge is 2.11. The number of hydrogen-bond donors (Lipinski definition) is 2. The van der Waals surface area contributed by atoms with Crippen LogP contribution in [0.5, 0.6) is 0 Å². The van der Waals surface area contributed by atoms with Crippen LogP contribution in [0.4, 0.5) is 0 Å². The molecule has 7 nitrogen and oxygen atoms in total. The molecular weight excluding hydrogens is 376 g/mol. The lowest BCUT2D eigenvalue weighted by Gasteiger charge is -2.20. The van der Waals surface area contributed by atoms with Gasteiger partial charge >= 0.3 is 0 Å². The molecule has 1 saturated heterocycles. The van der Waals surface area contributed by atoms with Crippen LogP contribution >= 0.6 is 0 Å². The molecular formula is C23H36N6O. The van der Waals surface area contributed by atoms with Crippen molar-refractivity contribution in [2.45, 2.75) is 33.2 Å². The first-order valence-corrected chi connectivity index (χ1v) is 11.1. The van der Waals surface area contributed by atoms with E-state index in [-0.39, 0.29) is 0 Å². The molecule has 3 rings (SSSR count). The van der Waals surface area contributed by atoms with E-state index < -0.39 is 0 Å². The third-order valence-corrected chi connectivity index (χ3v) is 5.35. The van der Waals surface area contributed by atoms with Crippen LogP contribution in [-0.2, 0) is 6.54 Å². The molecule has 1 aromatic carbocycles. The van der Waals surface area contributed by atoms with E-state index in [0.29, 0.717) is 12.4 Å². The van der Waals surface area contributed by atoms with Gasteiger partial charge in [0.1, 0.15) is 12.0 Å². The van der Waals surface area contributed by atoms with E-state index in [0.717, 1.165) is 43.3 Å². The van der Waals surface area contributed by atoms with E-state index in [1.54, 1.807) is 6.26 Å². The van der Waals surface area contributed by atoms with Crippen molar-refractivity contribution in [3.05, 3.63) is 41.8 Å². The number of benzene rings is 1. The minimum absolute atomic E-state index is 0.489. The number of aromatic nitrogens is 1. The van der Waals surface area contributed by atoms with Crippen LogP contribution in [0, 0.1) is 6.92 Å². The number of hydrogen-bond acceptors (Lipinski definition) is 5. The summed E-state index contributed by atoms with van der Waals surface area (Å²) >= 11 is 0. The lowest BCUT2D eigenvalue weighted by atomic mass is 10.1. The van der Waals surface area contributed by atoms with Crippen molar-refractivity contribution in [2.75, 3.05) is 52.9 Å². The monoisotopic (exact) mass is 412 g/mol. The summed E-state index contributed by atoms with van der Waals surface area (Å²) in [6.07, 6.45) is 4.06. The van der Waals surface area contributed by atoms with Crippen molar-refractivity contribution in [3.63, 3.8) is 0 Å². The zero-order chi connectivity index (χ0) is 21.2. The Labute approximate surface area is 180 Å². The summed E-state index contributed by atoms with van der Waals surface area (Å²) in [6, 6.07) is 8.19. The summed E-state index contributed by atoms with van der Waals surface area (Å²) in [7, 11) is 2.21. The first-order chi connectivity index (χ1) is 14.6. The van der Waals surface area contributed by atoms with Crippen LogP contribution in [0.3, 0.4) is 0 Å². The van der Waals surface area contributed by atoms with Gasteiger partial charge in [-0.15, -0.1) is 0 Å². The van der Waals surface area contributed by atoms with Crippen molar-refractivity contribution < 1.29 is 4.42 Å². The molecule has 1 aliphatic heterocycles. The Morgan fingerprint density at radius 2 is 1.97 bits per heavy atom. The Hall–Kier alpha value is -2.38. The van der Waals surface area contributed by atoms with Gasteiger partial charge in [-0.3, -0.25) is 0 Å². The van der Waals surface area contributed by atoms with Gasteiger partial charge in [0.2, 0.25) is 5.89 Å². The van der Waals surface area contributed by atoms with Gasteiger partial charge < -0.3 is 24.9 Å². The molecule has 2 heterocycles. The number of likely N-dealkylation sites (N-methyl/N-ethyl adjacent to an activating group) is 1. The van der Waals surface area contributed by atoms with Gasteiger partial charge in [0.25, 0.3) is 0 Å². The fraction of sp³-hybridized carbons (Fsp3) is 0.565. The summed E-state index contributed by atoms with van der Waals surface area (Å²) < 4.78 is 5.64. The van der Waals surface area contributed by atoms with Crippen LogP contribution in [-0.4, -0.2) is 73.6 Å². The molecule has 2 aromatic rings.